The zero-order chi connectivity index (χ0) is 15.2. The van der Waals surface area contributed by atoms with Crippen molar-refractivity contribution in [2.45, 2.75) is 6.54 Å². The van der Waals surface area contributed by atoms with Crippen LogP contribution in [0.3, 0.4) is 0 Å². The molecule has 1 heterocycles. The molecule has 7 heteroatoms. The zero-order valence-electron chi connectivity index (χ0n) is 12.0. The van der Waals surface area contributed by atoms with E-state index in [-0.39, 0.29) is 0 Å². The largest absolute Gasteiger partial charge is 0.493 e. The number of benzene rings is 1. The van der Waals surface area contributed by atoms with Crippen molar-refractivity contribution in [2.24, 2.45) is 0 Å². The van der Waals surface area contributed by atoms with Gasteiger partial charge in [-0.2, -0.15) is 0 Å². The van der Waals surface area contributed by atoms with Gasteiger partial charge in [-0.05, 0) is 17.7 Å². The number of methoxy groups -OCH3 is 3. The van der Waals surface area contributed by atoms with Gasteiger partial charge in [0.15, 0.2) is 11.5 Å². The molecule has 1 aromatic carbocycles. The molecule has 6 nitrogen and oxygen atoms in total. The Labute approximate surface area is 128 Å². The number of rotatable bonds is 6. The molecule has 1 aromatic heterocycles. The summed E-state index contributed by atoms with van der Waals surface area (Å²) in [6, 6.07) is 3.73. The van der Waals surface area contributed by atoms with Crippen LogP contribution in [0.2, 0.25) is 5.15 Å². The van der Waals surface area contributed by atoms with Crippen molar-refractivity contribution in [3.05, 3.63) is 35.2 Å². The van der Waals surface area contributed by atoms with Crippen LogP contribution in [0.1, 0.15) is 5.56 Å². The second kappa shape index (κ2) is 6.99. The predicted octanol–water partition coefficient (Wildman–Crippen LogP) is 2.77. The van der Waals surface area contributed by atoms with Crippen molar-refractivity contribution in [1.29, 1.82) is 0 Å². The normalized spacial score (nSPS) is 10.1. The molecular formula is C14H16ClN3O3. The summed E-state index contributed by atoms with van der Waals surface area (Å²) in [5.41, 5.74) is 0.950. The molecule has 0 amide bonds. The van der Waals surface area contributed by atoms with Crippen molar-refractivity contribution in [3.63, 3.8) is 0 Å². The molecule has 0 fully saturated rings. The highest BCUT2D eigenvalue weighted by atomic mass is 35.5. The lowest BCUT2D eigenvalue weighted by Crippen LogP contribution is -2.03. The molecule has 0 radical (unpaired) electrons. The van der Waals surface area contributed by atoms with Gasteiger partial charge in [-0.1, -0.05) is 11.6 Å². The van der Waals surface area contributed by atoms with Gasteiger partial charge < -0.3 is 19.5 Å². The molecule has 2 aromatic rings. The molecule has 0 spiro atoms. The highest BCUT2D eigenvalue weighted by molar-refractivity contribution is 6.29. The topological polar surface area (TPSA) is 65.5 Å². The van der Waals surface area contributed by atoms with Crippen LogP contribution in [0.4, 0.5) is 5.82 Å². The molecule has 0 saturated heterocycles. The molecule has 21 heavy (non-hydrogen) atoms. The van der Waals surface area contributed by atoms with E-state index in [9.17, 15) is 0 Å². The molecule has 0 saturated carbocycles. The van der Waals surface area contributed by atoms with Gasteiger partial charge in [0, 0.05) is 6.54 Å². The molecule has 112 valence electrons. The molecule has 0 aliphatic rings. The van der Waals surface area contributed by atoms with Crippen LogP contribution in [-0.4, -0.2) is 31.3 Å². The van der Waals surface area contributed by atoms with Gasteiger partial charge in [-0.15, -0.1) is 0 Å². The Morgan fingerprint density at radius 2 is 1.71 bits per heavy atom. The number of ether oxygens (including phenoxy) is 3. The molecule has 0 aliphatic heterocycles. The molecular weight excluding hydrogens is 294 g/mol. The van der Waals surface area contributed by atoms with E-state index in [1.54, 1.807) is 27.5 Å². The number of nitrogens with one attached hydrogen (secondary N) is 1. The van der Waals surface area contributed by atoms with E-state index in [2.05, 4.69) is 15.3 Å². The number of hydrogen-bond donors (Lipinski definition) is 1. The monoisotopic (exact) mass is 309 g/mol. The van der Waals surface area contributed by atoms with Crippen molar-refractivity contribution < 1.29 is 14.2 Å². The first-order chi connectivity index (χ1) is 10.2. The lowest BCUT2D eigenvalue weighted by molar-refractivity contribution is 0.324. The SMILES string of the molecule is COc1cc(CNc2cncc(Cl)n2)cc(OC)c1OC. The fraction of sp³-hybridized carbons (Fsp3) is 0.286. The van der Waals surface area contributed by atoms with E-state index in [1.165, 1.54) is 6.20 Å². The summed E-state index contributed by atoms with van der Waals surface area (Å²) in [5.74, 6) is 2.36. The maximum Gasteiger partial charge on any atom is 0.203 e. The van der Waals surface area contributed by atoms with Gasteiger partial charge in [-0.3, -0.25) is 4.98 Å². The Bertz CT molecular complexity index is 597. The van der Waals surface area contributed by atoms with E-state index < -0.39 is 0 Å². The highest BCUT2D eigenvalue weighted by Gasteiger charge is 2.13. The fourth-order valence-corrected chi connectivity index (χ4v) is 2.00. The van der Waals surface area contributed by atoms with Crippen LogP contribution in [0, 0.1) is 0 Å². The van der Waals surface area contributed by atoms with Crippen LogP contribution < -0.4 is 19.5 Å². The van der Waals surface area contributed by atoms with Crippen molar-refractivity contribution >= 4 is 17.4 Å². The second-order valence-corrected chi connectivity index (χ2v) is 4.50. The maximum absolute atomic E-state index is 5.79. The Hall–Kier alpha value is -2.21. The van der Waals surface area contributed by atoms with Gasteiger partial charge >= 0.3 is 0 Å². The third-order valence-electron chi connectivity index (χ3n) is 2.80. The van der Waals surface area contributed by atoms with Gasteiger partial charge in [0.25, 0.3) is 0 Å². The summed E-state index contributed by atoms with van der Waals surface area (Å²) in [5, 5.41) is 3.47. The van der Waals surface area contributed by atoms with Crippen molar-refractivity contribution in [1.82, 2.24) is 9.97 Å². The highest BCUT2D eigenvalue weighted by Crippen LogP contribution is 2.38. The average molecular weight is 310 g/mol. The lowest BCUT2D eigenvalue weighted by Gasteiger charge is -2.14. The van der Waals surface area contributed by atoms with E-state index in [0.717, 1.165) is 5.56 Å². The van der Waals surface area contributed by atoms with Crippen LogP contribution in [0.5, 0.6) is 17.2 Å². The average Bonchev–Trinajstić information content (AvgIpc) is 2.51. The molecule has 0 aliphatic carbocycles. The summed E-state index contributed by atoms with van der Waals surface area (Å²) in [4.78, 5) is 8.08. The minimum absolute atomic E-state index is 0.338. The predicted molar refractivity (Wildman–Crippen MR) is 80.5 cm³/mol. The molecule has 0 bridgehead atoms. The summed E-state index contributed by atoms with van der Waals surface area (Å²) < 4.78 is 15.9. The Morgan fingerprint density at radius 3 is 2.24 bits per heavy atom. The van der Waals surface area contributed by atoms with Gasteiger partial charge in [0.1, 0.15) is 11.0 Å². The van der Waals surface area contributed by atoms with E-state index in [0.29, 0.717) is 34.8 Å². The Balaban J connectivity index is 2.20. The summed E-state index contributed by atoms with van der Waals surface area (Å²) in [6.07, 6.45) is 3.08. The van der Waals surface area contributed by atoms with E-state index >= 15 is 0 Å². The lowest BCUT2D eigenvalue weighted by atomic mass is 10.2. The molecule has 0 atom stereocenters. The number of nitrogens with zero attached hydrogens (tertiary/aromatic N) is 2. The fourth-order valence-electron chi connectivity index (χ4n) is 1.86. The van der Waals surface area contributed by atoms with Crippen molar-refractivity contribution in [2.75, 3.05) is 26.6 Å². The van der Waals surface area contributed by atoms with Gasteiger partial charge in [0.2, 0.25) is 5.75 Å². The summed E-state index contributed by atoms with van der Waals surface area (Å²) in [6.45, 7) is 0.520. The number of anilines is 1. The summed E-state index contributed by atoms with van der Waals surface area (Å²) in [7, 11) is 4.73. The van der Waals surface area contributed by atoms with Crippen LogP contribution >= 0.6 is 11.6 Å². The minimum Gasteiger partial charge on any atom is -0.493 e. The molecule has 2 rings (SSSR count). The molecule has 1 N–H and O–H groups in total. The smallest absolute Gasteiger partial charge is 0.203 e. The first-order valence-electron chi connectivity index (χ1n) is 6.18. The number of aromatic nitrogens is 2. The Kier molecular flexibility index (Phi) is 5.05. The van der Waals surface area contributed by atoms with Gasteiger partial charge in [-0.25, -0.2) is 4.98 Å². The van der Waals surface area contributed by atoms with Gasteiger partial charge in [0.05, 0.1) is 33.7 Å². The van der Waals surface area contributed by atoms with Crippen molar-refractivity contribution in [3.8, 4) is 17.2 Å². The quantitative estimate of drug-likeness (QED) is 0.885. The Morgan fingerprint density at radius 1 is 1.05 bits per heavy atom. The third-order valence-corrected chi connectivity index (χ3v) is 2.99. The minimum atomic E-state index is 0.338. The second-order valence-electron chi connectivity index (χ2n) is 4.11. The third kappa shape index (κ3) is 3.66. The first kappa shape index (κ1) is 15.2. The maximum atomic E-state index is 5.79. The standard InChI is InChI=1S/C14H16ClN3O3/c1-19-10-4-9(5-11(20-2)14(10)21-3)6-17-13-8-16-7-12(15)18-13/h4-5,7-8H,6H2,1-3H3,(H,17,18). The van der Waals surface area contributed by atoms with E-state index in [4.69, 9.17) is 25.8 Å². The van der Waals surface area contributed by atoms with E-state index in [1.807, 2.05) is 12.1 Å². The number of halogens is 1. The van der Waals surface area contributed by atoms with Crippen LogP contribution in [0.15, 0.2) is 24.5 Å². The number of hydrogen-bond acceptors (Lipinski definition) is 6. The van der Waals surface area contributed by atoms with Crippen LogP contribution in [-0.2, 0) is 6.54 Å². The molecule has 0 unspecified atom stereocenters. The first-order valence-corrected chi connectivity index (χ1v) is 6.56. The summed E-state index contributed by atoms with van der Waals surface area (Å²) >= 11 is 5.79. The zero-order valence-corrected chi connectivity index (χ0v) is 12.8. The van der Waals surface area contributed by atoms with Crippen LogP contribution in [0.25, 0.3) is 0 Å².